The van der Waals surface area contributed by atoms with Gasteiger partial charge in [0.2, 0.25) is 0 Å². The van der Waals surface area contributed by atoms with Gasteiger partial charge >= 0.3 is 0 Å². The van der Waals surface area contributed by atoms with Crippen molar-refractivity contribution in [3.8, 4) is 0 Å². The van der Waals surface area contributed by atoms with Crippen molar-refractivity contribution < 1.29 is 19.5 Å². The molecule has 4 aliphatic carbocycles. The second kappa shape index (κ2) is 7.95. The number of fused-ring (bicyclic) bond motifs is 5. The van der Waals surface area contributed by atoms with Crippen molar-refractivity contribution in [2.24, 2.45) is 45.6 Å². The first-order valence-electron chi connectivity index (χ1n) is 12.5. The lowest BCUT2D eigenvalue weighted by Gasteiger charge is -2.60. The molecule has 6 heteroatoms. The van der Waals surface area contributed by atoms with E-state index in [1.807, 2.05) is 0 Å². The summed E-state index contributed by atoms with van der Waals surface area (Å²) in [7, 11) is 0. The maximum absolute atomic E-state index is 13.7. The van der Waals surface area contributed by atoms with E-state index >= 15 is 0 Å². The molecule has 5 aliphatic rings. The van der Waals surface area contributed by atoms with Crippen LogP contribution in [0.4, 0.5) is 0 Å². The Labute approximate surface area is 185 Å². The third kappa shape index (κ3) is 3.15. The van der Waals surface area contributed by atoms with Crippen LogP contribution in [0.5, 0.6) is 0 Å². The molecule has 0 bridgehead atoms. The first-order valence-corrected chi connectivity index (χ1v) is 12.5. The van der Waals surface area contributed by atoms with Crippen LogP contribution in [0.3, 0.4) is 0 Å². The fourth-order valence-electron chi connectivity index (χ4n) is 8.41. The molecule has 0 aromatic heterocycles. The summed E-state index contributed by atoms with van der Waals surface area (Å²) in [6.07, 6.45) is 7.57. The van der Waals surface area contributed by atoms with Gasteiger partial charge in [0.05, 0.1) is 5.71 Å². The van der Waals surface area contributed by atoms with Gasteiger partial charge < -0.3 is 15.3 Å². The Morgan fingerprint density at radius 1 is 1.16 bits per heavy atom. The summed E-state index contributed by atoms with van der Waals surface area (Å²) in [6, 6.07) is 0. The number of carbonyl (C=O) groups is 2. The highest BCUT2D eigenvalue weighted by molar-refractivity contribution is 5.95. The monoisotopic (exact) mass is 430 g/mol. The van der Waals surface area contributed by atoms with Gasteiger partial charge in [0.25, 0.3) is 0 Å². The third-order valence-corrected chi connectivity index (χ3v) is 10.0. The number of carbonyl (C=O) groups excluding carboxylic acids is 2. The van der Waals surface area contributed by atoms with Gasteiger partial charge in [-0.1, -0.05) is 19.0 Å². The van der Waals surface area contributed by atoms with Crippen LogP contribution in [0, 0.1) is 40.4 Å². The zero-order valence-corrected chi connectivity index (χ0v) is 19.1. The van der Waals surface area contributed by atoms with E-state index in [-0.39, 0.29) is 41.3 Å². The predicted molar refractivity (Wildman–Crippen MR) is 117 cm³/mol. The molecule has 5 fully saturated rings. The molecule has 0 radical (unpaired) electrons. The Bertz CT molecular complexity index is 775. The molecule has 5 rings (SSSR count). The number of ketones is 2. The summed E-state index contributed by atoms with van der Waals surface area (Å²) in [5, 5.41) is 18.7. The number of oxime groups is 1. The molecular weight excluding hydrogens is 392 g/mol. The fraction of sp³-hybridized carbons (Fsp3) is 0.880. The van der Waals surface area contributed by atoms with Crippen molar-refractivity contribution >= 4 is 17.3 Å². The molecule has 31 heavy (non-hydrogen) atoms. The largest absolute Gasteiger partial charge is 0.396 e. The Morgan fingerprint density at radius 2 is 2.00 bits per heavy atom. The van der Waals surface area contributed by atoms with E-state index in [0.29, 0.717) is 36.2 Å². The molecular formula is C25H38N2O4. The van der Waals surface area contributed by atoms with Gasteiger partial charge in [0.1, 0.15) is 17.7 Å². The Hall–Kier alpha value is -1.27. The van der Waals surface area contributed by atoms with Gasteiger partial charge in [-0.05, 0) is 62.8 Å². The van der Waals surface area contributed by atoms with E-state index in [1.165, 1.54) is 0 Å². The molecule has 1 saturated heterocycles. The van der Waals surface area contributed by atoms with Crippen LogP contribution in [0.25, 0.3) is 0 Å². The van der Waals surface area contributed by atoms with Crippen LogP contribution in [0.2, 0.25) is 0 Å². The second-order valence-corrected chi connectivity index (χ2v) is 11.2. The van der Waals surface area contributed by atoms with E-state index in [4.69, 9.17) is 4.84 Å². The van der Waals surface area contributed by atoms with E-state index in [9.17, 15) is 14.7 Å². The maximum atomic E-state index is 13.7. The standard InChI is InChI=1S/C25H38N2O4/c1-3-16-20(27-31-15-8-11-26-13-15)7-10-25(14-28)19-6-9-24(2)18(4-5-22(24)30)17(19)12-21(29)23(16)25/h15-19,23,26,28H,3-14H2,1-2H3. The van der Waals surface area contributed by atoms with E-state index in [0.717, 1.165) is 63.7 Å². The van der Waals surface area contributed by atoms with E-state index < -0.39 is 0 Å². The minimum Gasteiger partial charge on any atom is -0.396 e. The zero-order chi connectivity index (χ0) is 21.8. The van der Waals surface area contributed by atoms with Crippen LogP contribution in [0.15, 0.2) is 5.16 Å². The van der Waals surface area contributed by atoms with Gasteiger partial charge in [0.15, 0.2) is 0 Å². The molecule has 0 aromatic carbocycles. The summed E-state index contributed by atoms with van der Waals surface area (Å²) < 4.78 is 0. The van der Waals surface area contributed by atoms with Crippen LogP contribution >= 0.6 is 0 Å². The quantitative estimate of drug-likeness (QED) is 0.669. The maximum Gasteiger partial charge on any atom is 0.141 e. The summed E-state index contributed by atoms with van der Waals surface area (Å²) in [5.74, 6) is 1.47. The van der Waals surface area contributed by atoms with Crippen molar-refractivity contribution in [3.05, 3.63) is 0 Å². The summed E-state index contributed by atoms with van der Waals surface area (Å²) in [5.41, 5.74) is 0.410. The summed E-state index contributed by atoms with van der Waals surface area (Å²) in [6.45, 7) is 6.14. The Morgan fingerprint density at radius 3 is 2.71 bits per heavy atom. The third-order valence-electron chi connectivity index (χ3n) is 10.0. The highest BCUT2D eigenvalue weighted by atomic mass is 16.6. The normalized spacial score (nSPS) is 48.4. The lowest BCUT2D eigenvalue weighted by Crippen LogP contribution is -2.61. The number of nitrogens with zero attached hydrogens (tertiary/aromatic N) is 1. The molecule has 2 N–H and O–H groups in total. The van der Waals surface area contributed by atoms with Crippen LogP contribution in [0.1, 0.15) is 71.6 Å². The lowest BCUT2D eigenvalue weighted by molar-refractivity contribution is -0.165. The molecule has 8 unspecified atom stereocenters. The molecule has 0 spiro atoms. The van der Waals surface area contributed by atoms with Crippen LogP contribution in [-0.2, 0) is 14.4 Å². The van der Waals surface area contributed by atoms with Gasteiger partial charge in [-0.2, -0.15) is 0 Å². The zero-order valence-electron chi connectivity index (χ0n) is 19.1. The fourth-order valence-corrected chi connectivity index (χ4v) is 8.41. The lowest BCUT2D eigenvalue weighted by atomic mass is 9.43. The number of aliphatic hydroxyl groups excluding tert-OH is 1. The van der Waals surface area contributed by atoms with Crippen molar-refractivity contribution in [2.45, 2.75) is 77.7 Å². The van der Waals surface area contributed by atoms with Crippen molar-refractivity contribution in [3.63, 3.8) is 0 Å². The van der Waals surface area contributed by atoms with Crippen molar-refractivity contribution in [1.82, 2.24) is 5.32 Å². The number of rotatable bonds is 4. The molecule has 0 amide bonds. The minimum atomic E-state index is -0.360. The Balaban J connectivity index is 1.45. The van der Waals surface area contributed by atoms with Gasteiger partial charge in [-0.3, -0.25) is 9.59 Å². The number of Topliss-reactive ketones (excluding diaryl/α,β-unsaturated/α-hetero) is 2. The molecule has 1 heterocycles. The van der Waals surface area contributed by atoms with Crippen molar-refractivity contribution in [2.75, 3.05) is 19.7 Å². The number of aliphatic hydroxyl groups is 1. The highest BCUT2D eigenvalue weighted by Crippen LogP contribution is 2.65. The van der Waals surface area contributed by atoms with Crippen LogP contribution < -0.4 is 5.32 Å². The average molecular weight is 431 g/mol. The molecule has 172 valence electrons. The van der Waals surface area contributed by atoms with E-state index in [1.54, 1.807) is 0 Å². The van der Waals surface area contributed by atoms with Gasteiger partial charge in [-0.25, -0.2) is 0 Å². The molecule has 0 aromatic rings. The van der Waals surface area contributed by atoms with Gasteiger partial charge in [-0.15, -0.1) is 0 Å². The summed E-state index contributed by atoms with van der Waals surface area (Å²) >= 11 is 0. The van der Waals surface area contributed by atoms with E-state index in [2.05, 4.69) is 24.3 Å². The minimum absolute atomic E-state index is 0.0576. The van der Waals surface area contributed by atoms with Crippen molar-refractivity contribution in [1.29, 1.82) is 0 Å². The topological polar surface area (TPSA) is 88.0 Å². The number of hydrogen-bond acceptors (Lipinski definition) is 6. The highest BCUT2D eigenvalue weighted by Gasteiger charge is 2.65. The molecule has 6 nitrogen and oxygen atoms in total. The van der Waals surface area contributed by atoms with Crippen LogP contribution in [-0.4, -0.2) is 48.2 Å². The smallest absolute Gasteiger partial charge is 0.141 e. The SMILES string of the molecule is CCC1C(=NOC2CCNC2)CCC2(CO)C3CCC4(C)C(=O)CCC4C3CC(=O)C12. The molecule has 4 saturated carbocycles. The predicted octanol–water partition coefficient (Wildman–Crippen LogP) is 3.12. The second-order valence-electron chi connectivity index (χ2n) is 11.2. The molecule has 1 aliphatic heterocycles. The average Bonchev–Trinajstić information content (AvgIpc) is 3.40. The Kier molecular flexibility index (Phi) is 5.53. The molecule has 8 atom stereocenters. The first-order chi connectivity index (χ1) is 14.9. The number of nitrogens with one attached hydrogen (secondary N) is 1. The van der Waals surface area contributed by atoms with Gasteiger partial charge in [0, 0.05) is 55.1 Å². The summed E-state index contributed by atoms with van der Waals surface area (Å²) in [4.78, 5) is 32.2. The first kappa shape index (κ1) is 21.6. The number of hydrogen-bond donors (Lipinski definition) is 2.